The smallest absolute Gasteiger partial charge is 0.227 e. The van der Waals surface area contributed by atoms with E-state index in [1.54, 1.807) is 0 Å². The van der Waals surface area contributed by atoms with Crippen molar-refractivity contribution >= 4 is 11.6 Å². The summed E-state index contributed by atoms with van der Waals surface area (Å²) in [5.41, 5.74) is 7.27. The Bertz CT molecular complexity index is 405. The highest BCUT2D eigenvalue weighted by Gasteiger charge is 2.13. The maximum Gasteiger partial charge on any atom is 0.227 e. The number of carbonyl (C=O) groups is 1. The summed E-state index contributed by atoms with van der Waals surface area (Å²) in [6.45, 7) is 6.94. The van der Waals surface area contributed by atoms with Gasteiger partial charge in [0.1, 0.15) is 5.75 Å². The molecule has 0 aliphatic heterocycles. The van der Waals surface area contributed by atoms with Crippen LogP contribution in [0.25, 0.3) is 0 Å². The summed E-state index contributed by atoms with van der Waals surface area (Å²) in [5.74, 6) is 0.761. The van der Waals surface area contributed by atoms with Crippen LogP contribution in [-0.4, -0.2) is 19.1 Å². The molecule has 1 aromatic carbocycles. The molecule has 1 unspecified atom stereocenters. The van der Waals surface area contributed by atoms with Gasteiger partial charge in [-0.3, -0.25) is 4.79 Å². The predicted octanol–water partition coefficient (Wildman–Crippen LogP) is 2.32. The minimum absolute atomic E-state index is 0.00714. The number of nitrogens with two attached hydrogens (primary N) is 1. The van der Waals surface area contributed by atoms with Gasteiger partial charge in [-0.1, -0.05) is 6.92 Å². The first-order valence-electron chi connectivity index (χ1n) is 6.32. The molecule has 4 nitrogen and oxygen atoms in total. The predicted molar refractivity (Wildman–Crippen MR) is 73.8 cm³/mol. The third-order valence-corrected chi connectivity index (χ3v) is 2.81. The topological polar surface area (TPSA) is 64.3 Å². The van der Waals surface area contributed by atoms with Gasteiger partial charge in [-0.2, -0.15) is 0 Å². The van der Waals surface area contributed by atoms with Gasteiger partial charge in [-0.25, -0.2) is 0 Å². The Morgan fingerprint density at radius 2 is 2.22 bits per heavy atom. The number of rotatable bonds is 6. The van der Waals surface area contributed by atoms with Gasteiger partial charge in [-0.05, 0) is 50.6 Å². The summed E-state index contributed by atoms with van der Waals surface area (Å²) < 4.78 is 5.40. The van der Waals surface area contributed by atoms with Crippen LogP contribution in [0.15, 0.2) is 18.2 Å². The maximum atomic E-state index is 11.9. The molecule has 0 bridgehead atoms. The van der Waals surface area contributed by atoms with E-state index in [1.165, 1.54) is 0 Å². The van der Waals surface area contributed by atoms with Crippen molar-refractivity contribution in [3.05, 3.63) is 23.8 Å². The van der Waals surface area contributed by atoms with Crippen molar-refractivity contribution in [2.24, 2.45) is 11.7 Å². The largest absolute Gasteiger partial charge is 0.494 e. The van der Waals surface area contributed by atoms with Gasteiger partial charge in [0, 0.05) is 11.6 Å². The molecule has 1 rings (SSSR count). The molecule has 1 amide bonds. The van der Waals surface area contributed by atoms with Crippen LogP contribution in [0, 0.1) is 12.8 Å². The summed E-state index contributed by atoms with van der Waals surface area (Å²) in [5, 5.41) is 2.91. The van der Waals surface area contributed by atoms with Crippen molar-refractivity contribution in [3.8, 4) is 5.75 Å². The fourth-order valence-corrected chi connectivity index (χ4v) is 1.67. The van der Waals surface area contributed by atoms with Gasteiger partial charge in [-0.15, -0.1) is 0 Å². The molecule has 100 valence electrons. The SMILES string of the molecule is CCOc1ccc(NC(=O)C(C)CCN)c(C)c1. The Hall–Kier alpha value is -1.55. The van der Waals surface area contributed by atoms with Gasteiger partial charge >= 0.3 is 0 Å². The Labute approximate surface area is 109 Å². The number of amides is 1. The molecule has 3 N–H and O–H groups in total. The summed E-state index contributed by atoms with van der Waals surface area (Å²) in [4.78, 5) is 11.9. The highest BCUT2D eigenvalue weighted by Crippen LogP contribution is 2.22. The number of benzene rings is 1. The van der Waals surface area contributed by atoms with Crippen LogP contribution in [0.2, 0.25) is 0 Å². The van der Waals surface area contributed by atoms with Crippen LogP contribution in [-0.2, 0) is 4.79 Å². The number of nitrogens with one attached hydrogen (secondary N) is 1. The zero-order valence-corrected chi connectivity index (χ0v) is 11.3. The lowest BCUT2D eigenvalue weighted by atomic mass is 10.1. The van der Waals surface area contributed by atoms with Gasteiger partial charge in [0.2, 0.25) is 5.91 Å². The Morgan fingerprint density at radius 3 is 2.78 bits per heavy atom. The minimum Gasteiger partial charge on any atom is -0.494 e. The lowest BCUT2D eigenvalue weighted by molar-refractivity contribution is -0.119. The first-order chi connectivity index (χ1) is 8.58. The quantitative estimate of drug-likeness (QED) is 0.814. The molecule has 0 radical (unpaired) electrons. The van der Waals surface area contributed by atoms with Gasteiger partial charge in [0.05, 0.1) is 6.61 Å². The average Bonchev–Trinajstić information content (AvgIpc) is 2.33. The first kappa shape index (κ1) is 14.5. The highest BCUT2D eigenvalue weighted by atomic mass is 16.5. The van der Waals surface area contributed by atoms with Crippen LogP contribution >= 0.6 is 0 Å². The third kappa shape index (κ3) is 4.04. The number of aryl methyl sites for hydroxylation is 1. The van der Waals surface area contributed by atoms with Crippen LogP contribution in [0.3, 0.4) is 0 Å². The molecule has 0 saturated carbocycles. The van der Waals surface area contributed by atoms with Crippen molar-refractivity contribution in [3.63, 3.8) is 0 Å². The summed E-state index contributed by atoms with van der Waals surface area (Å²) in [6, 6.07) is 5.65. The molecule has 1 aromatic rings. The van der Waals surface area contributed by atoms with Crippen molar-refractivity contribution in [1.82, 2.24) is 0 Å². The van der Waals surface area contributed by atoms with E-state index in [2.05, 4.69) is 5.32 Å². The minimum atomic E-state index is -0.0685. The van der Waals surface area contributed by atoms with E-state index >= 15 is 0 Å². The van der Waals surface area contributed by atoms with E-state index in [-0.39, 0.29) is 11.8 Å². The van der Waals surface area contributed by atoms with Gasteiger partial charge < -0.3 is 15.8 Å². The second-order valence-corrected chi connectivity index (χ2v) is 4.38. The van der Waals surface area contributed by atoms with E-state index in [1.807, 2.05) is 39.0 Å². The summed E-state index contributed by atoms with van der Waals surface area (Å²) >= 11 is 0. The first-order valence-corrected chi connectivity index (χ1v) is 6.32. The number of anilines is 1. The molecule has 18 heavy (non-hydrogen) atoms. The lowest BCUT2D eigenvalue weighted by Crippen LogP contribution is -2.23. The Balaban J connectivity index is 2.70. The van der Waals surface area contributed by atoms with E-state index < -0.39 is 0 Å². The summed E-state index contributed by atoms with van der Waals surface area (Å²) in [7, 11) is 0. The van der Waals surface area contributed by atoms with Crippen LogP contribution in [0.4, 0.5) is 5.69 Å². The zero-order valence-electron chi connectivity index (χ0n) is 11.3. The number of hydrogen-bond donors (Lipinski definition) is 2. The molecule has 0 spiro atoms. The molecular formula is C14H22N2O2. The van der Waals surface area contributed by atoms with Crippen LogP contribution in [0.5, 0.6) is 5.75 Å². The molecule has 0 heterocycles. The lowest BCUT2D eigenvalue weighted by Gasteiger charge is -2.14. The fourth-order valence-electron chi connectivity index (χ4n) is 1.67. The monoisotopic (exact) mass is 250 g/mol. The number of carbonyl (C=O) groups excluding carboxylic acids is 1. The van der Waals surface area contributed by atoms with Crippen molar-refractivity contribution in [2.45, 2.75) is 27.2 Å². The Morgan fingerprint density at radius 1 is 1.50 bits per heavy atom. The standard InChI is InChI=1S/C14H22N2O2/c1-4-18-12-5-6-13(11(3)9-12)16-14(17)10(2)7-8-15/h5-6,9-10H,4,7-8,15H2,1-3H3,(H,16,17). The zero-order chi connectivity index (χ0) is 13.5. The van der Waals surface area contributed by atoms with E-state index in [0.717, 1.165) is 17.0 Å². The normalized spacial score (nSPS) is 12.0. The number of ether oxygens (including phenoxy) is 1. The Kier molecular flexibility index (Phi) is 5.65. The van der Waals surface area contributed by atoms with Crippen molar-refractivity contribution < 1.29 is 9.53 Å². The molecule has 0 aliphatic rings. The highest BCUT2D eigenvalue weighted by molar-refractivity contribution is 5.93. The molecule has 0 aromatic heterocycles. The van der Waals surface area contributed by atoms with Crippen LogP contribution < -0.4 is 15.8 Å². The van der Waals surface area contributed by atoms with Gasteiger partial charge in [0.25, 0.3) is 0 Å². The second kappa shape index (κ2) is 7.01. The second-order valence-electron chi connectivity index (χ2n) is 4.38. The van der Waals surface area contributed by atoms with Gasteiger partial charge in [0.15, 0.2) is 0 Å². The molecule has 0 fully saturated rings. The molecule has 1 atom stereocenters. The fraction of sp³-hybridized carbons (Fsp3) is 0.500. The third-order valence-electron chi connectivity index (χ3n) is 2.81. The van der Waals surface area contributed by atoms with Crippen molar-refractivity contribution in [1.29, 1.82) is 0 Å². The van der Waals surface area contributed by atoms with Crippen LogP contribution in [0.1, 0.15) is 25.8 Å². The van der Waals surface area contributed by atoms with Crippen molar-refractivity contribution in [2.75, 3.05) is 18.5 Å². The molecule has 0 aliphatic carbocycles. The van der Waals surface area contributed by atoms with E-state index in [4.69, 9.17) is 10.5 Å². The van der Waals surface area contributed by atoms with E-state index in [0.29, 0.717) is 19.6 Å². The van der Waals surface area contributed by atoms with E-state index in [9.17, 15) is 4.79 Å². The maximum absolute atomic E-state index is 11.9. The molecule has 4 heteroatoms. The average molecular weight is 250 g/mol. The summed E-state index contributed by atoms with van der Waals surface area (Å²) in [6.07, 6.45) is 0.696. The molecule has 0 saturated heterocycles. The number of hydrogen-bond acceptors (Lipinski definition) is 3. The molecular weight excluding hydrogens is 228 g/mol.